The third-order valence-corrected chi connectivity index (χ3v) is 6.92. The van der Waals surface area contributed by atoms with Gasteiger partial charge < -0.3 is 14.3 Å². The number of aromatic amines is 1. The lowest BCUT2D eigenvalue weighted by atomic mass is 9.92. The maximum atomic E-state index is 13.1. The number of carbonyl (C=O) groups excluding carboxylic acids is 1. The van der Waals surface area contributed by atoms with E-state index in [1.54, 1.807) is 0 Å². The molecule has 2 aliphatic rings. The number of hydrogen-bond donors (Lipinski definition) is 1. The molecule has 0 atom stereocenters. The molecular formula is C25H25BrN2O3. The number of aryl methyl sites for hydroxylation is 1. The van der Waals surface area contributed by atoms with Crippen molar-refractivity contribution in [1.29, 1.82) is 0 Å². The third-order valence-electron chi connectivity index (χ3n) is 6.06. The number of aromatic nitrogens is 2. The van der Waals surface area contributed by atoms with E-state index in [2.05, 4.69) is 25.5 Å². The van der Waals surface area contributed by atoms with E-state index >= 15 is 0 Å². The lowest BCUT2D eigenvalue weighted by molar-refractivity contribution is 0.0364. The summed E-state index contributed by atoms with van der Waals surface area (Å²) in [5.41, 5.74) is 6.01. The Balaban J connectivity index is 1.68. The number of fused-ring (bicyclic) bond motifs is 3. The van der Waals surface area contributed by atoms with Crippen molar-refractivity contribution < 1.29 is 9.53 Å². The van der Waals surface area contributed by atoms with Crippen LogP contribution >= 0.6 is 15.9 Å². The Kier molecular flexibility index (Phi) is 5.13. The van der Waals surface area contributed by atoms with Crippen molar-refractivity contribution in [2.75, 3.05) is 0 Å². The number of pyridine rings is 1. The quantitative estimate of drug-likeness (QED) is 0.500. The number of ether oxygens (including phenoxy) is 1. The monoisotopic (exact) mass is 480 g/mol. The van der Waals surface area contributed by atoms with Crippen molar-refractivity contribution in [1.82, 2.24) is 9.55 Å². The Bertz CT molecular complexity index is 1220. The average molecular weight is 481 g/mol. The van der Waals surface area contributed by atoms with Crippen LogP contribution < -0.4 is 5.56 Å². The zero-order chi connectivity index (χ0) is 21.7. The summed E-state index contributed by atoms with van der Waals surface area (Å²) < 4.78 is 8.44. The van der Waals surface area contributed by atoms with Crippen LogP contribution in [0.2, 0.25) is 0 Å². The molecule has 1 aromatic carbocycles. The lowest BCUT2D eigenvalue weighted by Crippen LogP contribution is -2.20. The molecule has 0 unspecified atom stereocenters. The van der Waals surface area contributed by atoms with Gasteiger partial charge in [0.15, 0.2) is 0 Å². The van der Waals surface area contributed by atoms with Gasteiger partial charge in [-0.1, -0.05) is 30.3 Å². The van der Waals surface area contributed by atoms with Crippen LogP contribution in [0.5, 0.6) is 0 Å². The average Bonchev–Trinajstić information content (AvgIpc) is 3.51. The van der Waals surface area contributed by atoms with E-state index in [1.807, 2.05) is 50.2 Å². The number of nitrogens with one attached hydrogen (secondary N) is 1. The first-order valence-electron chi connectivity index (χ1n) is 10.9. The summed E-state index contributed by atoms with van der Waals surface area (Å²) in [6.45, 7) is 4.48. The minimum absolute atomic E-state index is 0.112. The van der Waals surface area contributed by atoms with E-state index < -0.39 is 0 Å². The van der Waals surface area contributed by atoms with Crippen molar-refractivity contribution in [3.8, 4) is 22.5 Å². The van der Waals surface area contributed by atoms with Crippen LogP contribution in [0, 0.1) is 5.92 Å². The zero-order valence-electron chi connectivity index (χ0n) is 17.7. The molecule has 1 saturated carbocycles. The third kappa shape index (κ3) is 3.67. The van der Waals surface area contributed by atoms with Gasteiger partial charge in [-0.3, -0.25) is 4.79 Å². The second-order valence-corrected chi connectivity index (χ2v) is 9.57. The summed E-state index contributed by atoms with van der Waals surface area (Å²) in [6.07, 6.45) is 3.76. The standard InChI is InChI=1S/C25H25BrN2O3/c1-14(2)31-25(30)23-20(26)18-11-10-17-12-19(16-6-4-3-5-7-16)24(29)27-21(17)22(18)28(23)13-15-8-9-15/h3-7,12,14-15H,8-11,13H2,1-2H3,(H,27,29). The molecule has 1 N–H and O–H groups in total. The van der Waals surface area contributed by atoms with Crippen LogP contribution in [0.1, 0.15) is 48.3 Å². The van der Waals surface area contributed by atoms with Gasteiger partial charge in [0.05, 0.1) is 22.0 Å². The highest BCUT2D eigenvalue weighted by Crippen LogP contribution is 2.43. The van der Waals surface area contributed by atoms with E-state index in [-0.39, 0.29) is 17.6 Å². The van der Waals surface area contributed by atoms with Crippen molar-refractivity contribution in [2.24, 2.45) is 5.92 Å². The number of esters is 1. The van der Waals surface area contributed by atoms with Crippen molar-refractivity contribution >= 4 is 21.9 Å². The van der Waals surface area contributed by atoms with Gasteiger partial charge in [-0.15, -0.1) is 0 Å². The Morgan fingerprint density at radius 2 is 1.97 bits per heavy atom. The van der Waals surface area contributed by atoms with E-state index in [0.29, 0.717) is 17.2 Å². The molecule has 5 nitrogen and oxygen atoms in total. The number of hydrogen-bond acceptors (Lipinski definition) is 3. The van der Waals surface area contributed by atoms with Gasteiger partial charge in [-0.2, -0.15) is 0 Å². The minimum Gasteiger partial charge on any atom is -0.458 e. The molecule has 3 aromatic rings. The molecule has 2 heterocycles. The summed E-state index contributed by atoms with van der Waals surface area (Å²) in [6, 6.07) is 11.8. The molecule has 0 amide bonds. The van der Waals surface area contributed by atoms with E-state index in [1.165, 1.54) is 12.8 Å². The second kappa shape index (κ2) is 7.83. The fourth-order valence-corrected chi connectivity index (χ4v) is 5.20. The van der Waals surface area contributed by atoms with E-state index in [9.17, 15) is 9.59 Å². The van der Waals surface area contributed by atoms with E-state index in [0.717, 1.165) is 51.9 Å². The first kappa shape index (κ1) is 20.3. The van der Waals surface area contributed by atoms with E-state index in [4.69, 9.17) is 4.74 Å². The highest BCUT2D eigenvalue weighted by atomic mass is 79.9. The Morgan fingerprint density at radius 1 is 1.23 bits per heavy atom. The fraction of sp³-hybridized carbons (Fsp3) is 0.360. The van der Waals surface area contributed by atoms with Crippen LogP contribution in [0.3, 0.4) is 0 Å². The summed E-state index contributed by atoms with van der Waals surface area (Å²) in [7, 11) is 0. The Labute approximate surface area is 189 Å². The first-order valence-corrected chi connectivity index (χ1v) is 11.7. The smallest absolute Gasteiger partial charge is 0.356 e. The SMILES string of the molecule is CC(C)OC(=O)c1c(Br)c2c(n1CC1CC1)-c1[nH]c(=O)c(-c3ccccc3)cc1CC2. The topological polar surface area (TPSA) is 64.1 Å². The summed E-state index contributed by atoms with van der Waals surface area (Å²) in [5.74, 6) is 0.247. The highest BCUT2D eigenvalue weighted by molar-refractivity contribution is 9.10. The highest BCUT2D eigenvalue weighted by Gasteiger charge is 2.34. The Morgan fingerprint density at radius 3 is 2.65 bits per heavy atom. The minimum atomic E-state index is -0.318. The van der Waals surface area contributed by atoms with Gasteiger partial charge in [0.25, 0.3) is 5.56 Å². The molecule has 0 aliphatic heterocycles. The summed E-state index contributed by atoms with van der Waals surface area (Å²) >= 11 is 3.70. The fourth-order valence-electron chi connectivity index (χ4n) is 4.44. The Hall–Kier alpha value is -2.60. The molecule has 1 fully saturated rings. The van der Waals surface area contributed by atoms with Crippen LogP contribution in [0.4, 0.5) is 0 Å². The number of carbonyl (C=O) groups is 1. The number of H-pyrrole nitrogens is 1. The van der Waals surface area contributed by atoms with Crippen LogP contribution in [-0.2, 0) is 24.1 Å². The number of rotatable bonds is 5. The predicted octanol–water partition coefficient (Wildman–Crippen LogP) is 5.35. The summed E-state index contributed by atoms with van der Waals surface area (Å²) in [5, 5.41) is 0. The molecule has 160 valence electrons. The second-order valence-electron chi connectivity index (χ2n) is 8.78. The number of halogens is 1. The molecule has 31 heavy (non-hydrogen) atoms. The maximum absolute atomic E-state index is 13.1. The van der Waals surface area contributed by atoms with Gasteiger partial charge in [0.2, 0.25) is 0 Å². The summed E-state index contributed by atoms with van der Waals surface area (Å²) in [4.78, 5) is 29.2. The van der Waals surface area contributed by atoms with Gasteiger partial charge in [-0.05, 0) is 84.1 Å². The normalized spacial score (nSPS) is 15.0. The van der Waals surface area contributed by atoms with Crippen molar-refractivity contribution in [2.45, 2.75) is 52.2 Å². The molecule has 2 aliphatic carbocycles. The number of benzene rings is 1. The number of nitrogens with zero attached hydrogens (tertiary/aromatic N) is 1. The van der Waals surface area contributed by atoms with Crippen molar-refractivity contribution in [3.63, 3.8) is 0 Å². The lowest BCUT2D eigenvalue weighted by Gasteiger charge is -2.21. The predicted molar refractivity (Wildman–Crippen MR) is 124 cm³/mol. The van der Waals surface area contributed by atoms with Crippen LogP contribution in [0.25, 0.3) is 22.5 Å². The van der Waals surface area contributed by atoms with Crippen LogP contribution in [0.15, 0.2) is 45.7 Å². The molecule has 2 aromatic heterocycles. The first-order chi connectivity index (χ1) is 14.9. The van der Waals surface area contributed by atoms with Crippen molar-refractivity contribution in [3.05, 3.63) is 68.0 Å². The van der Waals surface area contributed by atoms with Gasteiger partial charge >= 0.3 is 5.97 Å². The molecule has 0 radical (unpaired) electrons. The molecule has 6 heteroatoms. The molecule has 0 spiro atoms. The maximum Gasteiger partial charge on any atom is 0.356 e. The molecule has 0 saturated heterocycles. The van der Waals surface area contributed by atoms with Gasteiger partial charge in [0.1, 0.15) is 5.69 Å². The largest absolute Gasteiger partial charge is 0.458 e. The molecular weight excluding hydrogens is 456 g/mol. The van der Waals surface area contributed by atoms with Crippen LogP contribution in [-0.4, -0.2) is 21.6 Å². The molecule has 0 bridgehead atoms. The zero-order valence-corrected chi connectivity index (χ0v) is 19.3. The van der Waals surface area contributed by atoms with Gasteiger partial charge in [-0.25, -0.2) is 4.79 Å². The molecule has 5 rings (SSSR count). The van der Waals surface area contributed by atoms with Gasteiger partial charge in [0, 0.05) is 12.1 Å².